The first-order valence-corrected chi connectivity index (χ1v) is 9.75. The highest BCUT2D eigenvalue weighted by Crippen LogP contribution is 2.35. The van der Waals surface area contributed by atoms with Gasteiger partial charge in [0.25, 0.3) is 5.91 Å². The molecule has 31 heavy (non-hydrogen) atoms. The number of benzene rings is 1. The van der Waals surface area contributed by atoms with Crippen LogP contribution >= 0.6 is 0 Å². The lowest BCUT2D eigenvalue weighted by Gasteiger charge is -2.33. The van der Waals surface area contributed by atoms with E-state index in [2.05, 4.69) is 20.0 Å². The Morgan fingerprint density at radius 3 is 2.68 bits per heavy atom. The lowest BCUT2D eigenvalue weighted by atomic mass is 9.87. The molecule has 10 heteroatoms. The molecule has 0 unspecified atom stereocenters. The van der Waals surface area contributed by atoms with Gasteiger partial charge >= 0.3 is 6.36 Å². The Labute approximate surface area is 175 Å². The Bertz CT molecular complexity index is 1100. The summed E-state index contributed by atoms with van der Waals surface area (Å²) in [7, 11) is 1.52. The van der Waals surface area contributed by atoms with Crippen LogP contribution in [0.5, 0.6) is 5.75 Å². The van der Waals surface area contributed by atoms with Crippen LogP contribution in [-0.4, -0.2) is 47.3 Å². The van der Waals surface area contributed by atoms with Gasteiger partial charge in [-0.3, -0.25) is 4.79 Å². The Morgan fingerprint density at radius 2 is 2.00 bits per heavy atom. The highest BCUT2D eigenvalue weighted by atomic mass is 19.4. The zero-order valence-electron chi connectivity index (χ0n) is 16.6. The number of ether oxygens (including phenoxy) is 1. The van der Waals surface area contributed by atoms with Crippen molar-refractivity contribution in [1.29, 1.82) is 0 Å². The molecule has 2 aromatic heterocycles. The van der Waals surface area contributed by atoms with E-state index in [0.29, 0.717) is 37.1 Å². The van der Waals surface area contributed by atoms with E-state index in [0.717, 1.165) is 17.5 Å². The predicted molar refractivity (Wildman–Crippen MR) is 107 cm³/mol. The van der Waals surface area contributed by atoms with Crippen molar-refractivity contribution in [2.24, 2.45) is 0 Å². The zero-order chi connectivity index (χ0) is 22.2. The van der Waals surface area contributed by atoms with Crippen LogP contribution in [0.15, 0.2) is 36.7 Å². The second-order valence-corrected chi connectivity index (χ2v) is 7.33. The topological polar surface area (TPSA) is 70.2 Å². The van der Waals surface area contributed by atoms with E-state index < -0.39 is 12.1 Å². The summed E-state index contributed by atoms with van der Waals surface area (Å²) in [6.45, 7) is 0.808. The molecule has 0 atom stereocenters. The number of hydrogen-bond acceptors (Lipinski definition) is 4. The number of rotatable bonds is 4. The van der Waals surface area contributed by atoms with Crippen molar-refractivity contribution in [3.05, 3.63) is 53.6 Å². The summed E-state index contributed by atoms with van der Waals surface area (Å²) in [4.78, 5) is 21.6. The maximum absolute atomic E-state index is 14.5. The smallest absolute Gasteiger partial charge is 0.406 e. The molecule has 164 valence electrons. The van der Waals surface area contributed by atoms with Gasteiger partial charge in [-0.1, -0.05) is 0 Å². The third-order valence-corrected chi connectivity index (χ3v) is 5.49. The average Bonchev–Trinajstić information content (AvgIpc) is 3.21. The lowest BCUT2D eigenvalue weighted by molar-refractivity contribution is -0.274. The fraction of sp³-hybridized carbons (Fsp3) is 0.333. The third kappa shape index (κ3) is 4.28. The maximum atomic E-state index is 14.5. The second-order valence-electron chi connectivity index (χ2n) is 7.33. The summed E-state index contributed by atoms with van der Waals surface area (Å²) >= 11 is 0. The number of likely N-dealkylation sites (tertiary alicyclic amines) is 1. The molecule has 1 amide bonds. The van der Waals surface area contributed by atoms with Gasteiger partial charge < -0.3 is 19.9 Å². The molecule has 0 aliphatic carbocycles. The van der Waals surface area contributed by atoms with E-state index in [1.807, 2.05) is 0 Å². The van der Waals surface area contributed by atoms with Gasteiger partial charge in [0.2, 0.25) is 0 Å². The average molecular weight is 436 g/mol. The number of aromatic nitrogens is 2. The monoisotopic (exact) mass is 436 g/mol. The number of halogens is 4. The molecule has 3 aromatic rings. The van der Waals surface area contributed by atoms with Gasteiger partial charge in [0.15, 0.2) is 0 Å². The first-order valence-electron chi connectivity index (χ1n) is 9.75. The first kappa shape index (κ1) is 21.0. The molecule has 1 aliphatic heterocycles. The molecule has 4 rings (SSSR count). The number of carbonyl (C=O) groups is 1. The molecule has 1 aliphatic rings. The van der Waals surface area contributed by atoms with Gasteiger partial charge in [0, 0.05) is 43.4 Å². The second kappa shape index (κ2) is 8.09. The molecule has 0 bridgehead atoms. The van der Waals surface area contributed by atoms with Gasteiger partial charge in [-0.2, -0.15) is 0 Å². The Kier molecular flexibility index (Phi) is 5.47. The fourth-order valence-electron chi connectivity index (χ4n) is 4.07. The van der Waals surface area contributed by atoms with E-state index in [4.69, 9.17) is 0 Å². The van der Waals surface area contributed by atoms with Crippen LogP contribution in [0.25, 0.3) is 11.0 Å². The first-order chi connectivity index (χ1) is 14.8. The van der Waals surface area contributed by atoms with Crippen LogP contribution < -0.4 is 10.1 Å². The standard InChI is InChI=1S/C21H20F4N4O2/c1-26-17-10-13(31-21(23,24)25)2-3-14(17)20(30)29-8-5-12(6-9-29)18-15-4-7-27-19(15)28-11-16(18)22/h2-4,7,10-12,26H,5-6,8-9H2,1H3,(H,27,28). The highest BCUT2D eigenvalue weighted by Gasteiger charge is 2.32. The van der Waals surface area contributed by atoms with Crippen LogP contribution in [0.4, 0.5) is 23.2 Å². The molecule has 0 saturated carbocycles. The fourth-order valence-corrected chi connectivity index (χ4v) is 4.07. The number of piperidine rings is 1. The van der Waals surface area contributed by atoms with Crippen LogP contribution in [-0.2, 0) is 0 Å². The number of fused-ring (bicyclic) bond motifs is 1. The van der Waals surface area contributed by atoms with Gasteiger partial charge in [-0.05, 0) is 37.0 Å². The summed E-state index contributed by atoms with van der Waals surface area (Å²) in [6, 6.07) is 5.36. The van der Waals surface area contributed by atoms with Crippen LogP contribution in [0.3, 0.4) is 0 Å². The number of nitrogens with zero attached hydrogens (tertiary/aromatic N) is 2. The summed E-state index contributed by atoms with van der Waals surface area (Å²) in [5.41, 5.74) is 1.71. The van der Waals surface area contributed by atoms with E-state index >= 15 is 0 Å². The molecular weight excluding hydrogens is 416 g/mol. The van der Waals surface area contributed by atoms with Crippen molar-refractivity contribution >= 4 is 22.6 Å². The minimum atomic E-state index is -4.81. The van der Waals surface area contributed by atoms with Crippen molar-refractivity contribution < 1.29 is 27.1 Å². The number of nitrogens with one attached hydrogen (secondary N) is 2. The maximum Gasteiger partial charge on any atom is 0.573 e. The molecule has 2 N–H and O–H groups in total. The zero-order valence-corrected chi connectivity index (χ0v) is 16.6. The molecule has 3 heterocycles. The van der Waals surface area contributed by atoms with Gasteiger partial charge in [0.05, 0.1) is 17.4 Å². The quantitative estimate of drug-likeness (QED) is 0.584. The van der Waals surface area contributed by atoms with Crippen molar-refractivity contribution in [2.75, 3.05) is 25.5 Å². The van der Waals surface area contributed by atoms with E-state index in [9.17, 15) is 22.4 Å². The minimum absolute atomic E-state index is 0.0586. The molecule has 1 saturated heterocycles. The Hall–Kier alpha value is -3.30. The molecule has 6 nitrogen and oxygen atoms in total. The summed E-state index contributed by atoms with van der Waals surface area (Å²) in [5.74, 6) is -1.13. The van der Waals surface area contributed by atoms with Crippen LogP contribution in [0, 0.1) is 5.82 Å². The van der Waals surface area contributed by atoms with Crippen molar-refractivity contribution in [3.8, 4) is 5.75 Å². The SMILES string of the molecule is CNc1cc(OC(F)(F)F)ccc1C(=O)N1CCC(c2c(F)cnc3[nH]ccc23)CC1. The van der Waals surface area contributed by atoms with Crippen molar-refractivity contribution in [3.63, 3.8) is 0 Å². The lowest BCUT2D eigenvalue weighted by Crippen LogP contribution is -2.38. The van der Waals surface area contributed by atoms with Gasteiger partial charge in [-0.15, -0.1) is 13.2 Å². The number of amides is 1. The van der Waals surface area contributed by atoms with Gasteiger partial charge in [0.1, 0.15) is 17.2 Å². The molecule has 0 radical (unpaired) electrons. The normalized spacial score (nSPS) is 15.3. The van der Waals surface area contributed by atoms with Gasteiger partial charge in [-0.25, -0.2) is 9.37 Å². The van der Waals surface area contributed by atoms with Crippen LogP contribution in [0.1, 0.15) is 34.7 Å². The van der Waals surface area contributed by atoms with Crippen molar-refractivity contribution in [2.45, 2.75) is 25.1 Å². The predicted octanol–water partition coefficient (Wildman–Crippen LogP) is 4.66. The number of alkyl halides is 3. The number of carbonyl (C=O) groups excluding carboxylic acids is 1. The number of H-pyrrole nitrogens is 1. The highest BCUT2D eigenvalue weighted by molar-refractivity contribution is 6.00. The van der Waals surface area contributed by atoms with Crippen LogP contribution in [0.2, 0.25) is 0 Å². The van der Waals surface area contributed by atoms with E-state index in [-0.39, 0.29) is 28.9 Å². The third-order valence-electron chi connectivity index (χ3n) is 5.49. The number of hydrogen-bond donors (Lipinski definition) is 2. The molecule has 0 spiro atoms. The molecule has 1 aromatic carbocycles. The number of aromatic amines is 1. The molecule has 1 fully saturated rings. The van der Waals surface area contributed by atoms with E-state index in [1.165, 1.54) is 19.3 Å². The largest absolute Gasteiger partial charge is 0.573 e. The summed E-state index contributed by atoms with van der Waals surface area (Å²) in [6.07, 6.45) is -0.764. The summed E-state index contributed by atoms with van der Waals surface area (Å²) < 4.78 is 55.8. The Morgan fingerprint density at radius 1 is 1.26 bits per heavy atom. The minimum Gasteiger partial charge on any atom is -0.406 e. The molecular formula is C21H20F4N4O2. The number of pyridine rings is 1. The number of anilines is 1. The Balaban J connectivity index is 1.49. The van der Waals surface area contributed by atoms with E-state index in [1.54, 1.807) is 17.2 Å². The van der Waals surface area contributed by atoms with Crippen molar-refractivity contribution in [1.82, 2.24) is 14.9 Å². The summed E-state index contributed by atoms with van der Waals surface area (Å²) in [5, 5.41) is 3.48.